The van der Waals surface area contributed by atoms with Crippen LogP contribution in [0.25, 0.3) is 0 Å². The predicted molar refractivity (Wildman–Crippen MR) is 312 cm³/mol. The first-order valence-corrected chi connectivity index (χ1v) is 30.0. The third-order valence-electron chi connectivity index (χ3n) is 14.7. The molecule has 592 valence electrons. The number of hydrogen-bond donors (Lipinski definition) is 0. The topological polar surface area (TPSA) is 224 Å². The average Bonchev–Trinajstić information content (AvgIpc) is 1.65. The lowest BCUT2D eigenvalue weighted by atomic mass is 9.85. The van der Waals surface area contributed by atoms with Gasteiger partial charge >= 0.3 is 89.1 Å². The number of halogens is 20. The highest BCUT2D eigenvalue weighted by Crippen LogP contribution is 2.47. The highest BCUT2D eigenvalue weighted by molar-refractivity contribution is 5.88. The molecule has 0 aromatic carbocycles. The summed E-state index contributed by atoms with van der Waals surface area (Å²) in [6.45, 7) is 17.5. The van der Waals surface area contributed by atoms with Crippen LogP contribution < -0.4 is 0 Å². The highest BCUT2D eigenvalue weighted by Gasteiger charge is 2.66. The number of carbonyl (C=O) groups is 5. The van der Waals surface area contributed by atoms with Gasteiger partial charge in [-0.3, -0.25) is 0 Å². The summed E-state index contributed by atoms with van der Waals surface area (Å²) in [6.07, 6.45) is -0.194. The van der Waals surface area contributed by atoms with Gasteiger partial charge in [0.25, 0.3) is 0 Å². The fraction of sp³-hybridized carbons (Fsp3) is 0.758. The Morgan fingerprint density at radius 3 is 0.863 bits per heavy atom. The van der Waals surface area contributed by atoms with Gasteiger partial charge in [0.15, 0.2) is 5.79 Å². The van der Waals surface area contributed by atoms with E-state index in [1.165, 1.54) is 62.3 Å². The lowest BCUT2D eigenvalue weighted by molar-refractivity contribution is -0.303. The summed E-state index contributed by atoms with van der Waals surface area (Å²) in [4.78, 5) is 56.3. The van der Waals surface area contributed by atoms with Crippen LogP contribution in [0.1, 0.15) is 103 Å². The zero-order chi connectivity index (χ0) is 80.0. The van der Waals surface area contributed by atoms with Crippen LogP contribution in [0, 0.1) is 11.3 Å². The summed E-state index contributed by atoms with van der Waals surface area (Å²) in [6, 6.07) is 0. The van der Waals surface area contributed by atoms with Crippen molar-refractivity contribution in [3.8, 4) is 0 Å². The molecular weight excluding hydrogens is 1440 g/mol. The van der Waals surface area contributed by atoms with E-state index in [9.17, 15) is 112 Å². The first kappa shape index (κ1) is 94.3. The van der Waals surface area contributed by atoms with Crippen molar-refractivity contribution in [3.05, 3.63) is 60.8 Å². The van der Waals surface area contributed by atoms with Crippen LogP contribution in [0.15, 0.2) is 60.8 Å². The van der Waals surface area contributed by atoms with Gasteiger partial charge in [-0.2, -0.15) is 87.8 Å². The molecule has 0 amide bonds. The second-order valence-electron chi connectivity index (χ2n) is 25.5. The van der Waals surface area contributed by atoms with Crippen molar-refractivity contribution in [2.24, 2.45) is 11.3 Å². The second kappa shape index (κ2) is 35.1. The minimum atomic E-state index is -4.38. The maximum absolute atomic E-state index is 13.4. The van der Waals surface area contributed by atoms with E-state index in [2.05, 4.69) is 47.1 Å². The predicted octanol–water partition coefficient (Wildman–Crippen LogP) is 13.1. The number of alkyl halides is 20. The van der Waals surface area contributed by atoms with Gasteiger partial charge in [-0.05, 0) is 48.5 Å². The van der Waals surface area contributed by atoms with Crippen molar-refractivity contribution in [1.29, 1.82) is 0 Å². The normalized spacial score (nSPS) is 23.7. The second-order valence-corrected chi connectivity index (χ2v) is 25.5. The van der Waals surface area contributed by atoms with Crippen molar-refractivity contribution in [2.45, 2.75) is 191 Å². The van der Waals surface area contributed by atoms with Gasteiger partial charge < -0.3 is 71.1 Å². The summed E-state index contributed by atoms with van der Waals surface area (Å²) in [5.74, 6) is -57.0. The molecule has 0 aliphatic carbocycles. The molecule has 0 bridgehead atoms. The van der Waals surface area contributed by atoms with Crippen LogP contribution in [-0.2, 0) is 95.0 Å². The van der Waals surface area contributed by atoms with Gasteiger partial charge in [-0.15, -0.1) is 0 Å². The first-order valence-electron chi connectivity index (χ1n) is 30.0. The Kier molecular flexibility index (Phi) is 32.4. The highest BCUT2D eigenvalue weighted by atomic mass is 19.3. The van der Waals surface area contributed by atoms with Crippen LogP contribution in [0.2, 0.25) is 0 Å². The fourth-order valence-electron chi connectivity index (χ4n) is 7.10. The molecule has 20 nitrogen and oxygen atoms in total. The van der Waals surface area contributed by atoms with E-state index in [0.29, 0.717) is 0 Å². The molecule has 0 aromatic heterocycles. The fourth-order valence-corrected chi connectivity index (χ4v) is 7.10. The van der Waals surface area contributed by atoms with Gasteiger partial charge in [-0.1, -0.05) is 74.4 Å². The molecule has 5 rings (SSSR count). The van der Waals surface area contributed by atoms with E-state index in [-0.39, 0.29) is 47.3 Å². The molecule has 5 aliphatic heterocycles. The Morgan fingerprint density at radius 2 is 0.588 bits per heavy atom. The van der Waals surface area contributed by atoms with E-state index in [4.69, 9.17) is 56.8 Å². The summed E-state index contributed by atoms with van der Waals surface area (Å²) in [5.41, 5.74) is -0.519. The maximum atomic E-state index is 13.4. The molecule has 0 aromatic rings. The van der Waals surface area contributed by atoms with Gasteiger partial charge in [0.2, 0.25) is 23.1 Å². The van der Waals surface area contributed by atoms with Crippen molar-refractivity contribution < 1.29 is 183 Å². The standard InChI is InChI=1S/C14H20F4O4.C13H18F4O4.2C12H16F4O4.C11H14F4O4/c1-9(2)10(19)20-8-14(11(3,4)5)21-6-12(15,16)13(17,18)7-22-14;1-8(2)10(18)19-5-11(9(3)4)20-6-12(14,15)13(16,17)7-21-11;1-8(2)9(17)18-5-4-10(3)19-6-11(13,14)12(15,16)7-20-10;1-4-10(5-18-9(17)8(2)3)19-6-11(13,14)12(15,16)7-20-10;1-7(2)8(16)17-4-9(3)18-5-10(12,13)11(14,15)6-19-9/h1,6-8H2,2-5H3;9H,1,5-7H2,2-4H3;1,4-7H2,2-3H3;2,4-7H2,1,3H3;1,4-6H2,2-3H3. The van der Waals surface area contributed by atoms with Crippen LogP contribution in [-0.4, -0.2) is 217 Å². The summed E-state index contributed by atoms with van der Waals surface area (Å²) in [5, 5.41) is 0. The molecule has 0 unspecified atom stereocenters. The van der Waals surface area contributed by atoms with Gasteiger partial charge in [-0.25, -0.2) is 24.0 Å². The molecule has 5 saturated heterocycles. The Hall–Kier alpha value is -5.75. The SMILES string of the molecule is C=C(C)C(=O)OCC1(C(C)(C)C)OCC(F)(F)C(F)(F)CO1.C=C(C)C(=O)OCC1(C(C)C)OCC(F)(F)C(F)(F)CO1.C=C(C)C(=O)OCC1(C)OCC(F)(F)C(F)(F)CO1.C=C(C)C(=O)OCC1(CC)OCC(F)(F)C(F)(F)CO1.C=C(C)C(=O)OCCC1(C)OCC(F)(F)C(F)(F)CO1. The Morgan fingerprint density at radius 1 is 0.353 bits per heavy atom. The van der Waals surface area contributed by atoms with Crippen LogP contribution >= 0.6 is 0 Å². The number of esters is 5. The molecule has 5 aliphatic rings. The minimum Gasteiger partial charge on any atom is -0.462 e. The molecular formula is C62H84F20O20. The van der Waals surface area contributed by atoms with E-state index in [0.717, 1.165) is 6.92 Å². The minimum absolute atomic E-state index is 0.0391. The lowest BCUT2D eigenvalue weighted by Crippen LogP contribution is -2.52. The lowest BCUT2D eigenvalue weighted by Gasteiger charge is -2.42. The van der Waals surface area contributed by atoms with Crippen molar-refractivity contribution in [3.63, 3.8) is 0 Å². The van der Waals surface area contributed by atoms with Gasteiger partial charge in [0.1, 0.15) is 92.5 Å². The van der Waals surface area contributed by atoms with E-state index < -0.39 is 222 Å². The van der Waals surface area contributed by atoms with Crippen molar-refractivity contribution in [1.82, 2.24) is 0 Å². The Balaban J connectivity index is 0.000000638. The number of rotatable bonds is 18. The zero-order valence-electron chi connectivity index (χ0n) is 57.9. The Bertz CT molecular complexity index is 2840. The summed E-state index contributed by atoms with van der Waals surface area (Å²) in [7, 11) is 0. The maximum Gasteiger partial charge on any atom is 0.335 e. The summed E-state index contributed by atoms with van der Waals surface area (Å²) >= 11 is 0. The molecule has 0 spiro atoms. The third-order valence-corrected chi connectivity index (χ3v) is 14.7. The van der Waals surface area contributed by atoms with Gasteiger partial charge in [0, 0.05) is 52.0 Å². The van der Waals surface area contributed by atoms with E-state index in [1.807, 2.05) is 0 Å². The summed E-state index contributed by atoms with van der Waals surface area (Å²) < 4.78 is 336. The zero-order valence-corrected chi connectivity index (χ0v) is 57.9. The molecule has 5 fully saturated rings. The van der Waals surface area contributed by atoms with E-state index in [1.54, 1.807) is 20.8 Å². The van der Waals surface area contributed by atoms with Crippen molar-refractivity contribution in [2.75, 3.05) is 99.1 Å². The first-order chi connectivity index (χ1) is 45.7. The molecule has 0 N–H and O–H groups in total. The monoisotopic (exact) mass is 1530 g/mol. The number of carbonyl (C=O) groups excluding carboxylic acids is 5. The molecule has 102 heavy (non-hydrogen) atoms. The average molecular weight is 1530 g/mol. The largest absolute Gasteiger partial charge is 0.462 e. The van der Waals surface area contributed by atoms with E-state index >= 15 is 0 Å². The molecule has 0 saturated carbocycles. The van der Waals surface area contributed by atoms with Gasteiger partial charge in [0.05, 0.1) is 6.61 Å². The smallest absolute Gasteiger partial charge is 0.335 e. The molecule has 0 atom stereocenters. The van der Waals surface area contributed by atoms with Crippen LogP contribution in [0.3, 0.4) is 0 Å². The van der Waals surface area contributed by atoms with Crippen molar-refractivity contribution >= 4 is 29.8 Å². The number of hydrogen-bond acceptors (Lipinski definition) is 20. The molecule has 0 radical (unpaired) electrons. The molecule has 40 heteroatoms. The third kappa shape index (κ3) is 25.8. The Labute approximate surface area is 573 Å². The van der Waals surface area contributed by atoms with Crippen LogP contribution in [0.4, 0.5) is 87.8 Å². The number of ether oxygens (including phenoxy) is 15. The van der Waals surface area contributed by atoms with Crippen LogP contribution in [0.5, 0.6) is 0 Å². The molecule has 5 heterocycles. The quantitative estimate of drug-likeness (QED) is 0.0538.